The zero-order valence-corrected chi connectivity index (χ0v) is 16.4. The van der Waals surface area contributed by atoms with Crippen LogP contribution in [0.5, 0.6) is 0 Å². The number of hydrogen-bond acceptors (Lipinski definition) is 6. The number of amides is 1. The summed E-state index contributed by atoms with van der Waals surface area (Å²) in [5.74, 6) is 1.47. The minimum Gasteiger partial charge on any atom is -0.325 e. The highest BCUT2D eigenvalue weighted by atomic mass is 32.2. The van der Waals surface area contributed by atoms with Crippen LogP contribution in [0.2, 0.25) is 0 Å². The van der Waals surface area contributed by atoms with E-state index < -0.39 is 9.84 Å². The van der Waals surface area contributed by atoms with Crippen molar-refractivity contribution in [2.45, 2.75) is 24.9 Å². The average molecular weight is 395 g/mol. The molecule has 0 saturated carbocycles. The highest BCUT2D eigenvalue weighted by molar-refractivity contribution is 7.99. The van der Waals surface area contributed by atoms with Gasteiger partial charge in [0.15, 0.2) is 15.0 Å². The van der Waals surface area contributed by atoms with Gasteiger partial charge in [0.05, 0.1) is 17.3 Å². The minimum atomic E-state index is -2.89. The SMILES string of the molecule is Cc1ccc(NC(=O)CSc2nnc(CC3CCS(=O)(=O)C3)n2C)cc1. The zero-order valence-electron chi connectivity index (χ0n) is 14.8. The van der Waals surface area contributed by atoms with Crippen LogP contribution in [0.15, 0.2) is 29.4 Å². The van der Waals surface area contributed by atoms with E-state index >= 15 is 0 Å². The quantitative estimate of drug-likeness (QED) is 0.751. The fourth-order valence-electron chi connectivity index (χ4n) is 2.90. The van der Waals surface area contributed by atoms with Crippen molar-refractivity contribution in [2.24, 2.45) is 13.0 Å². The van der Waals surface area contributed by atoms with Crippen molar-refractivity contribution in [3.63, 3.8) is 0 Å². The molecule has 0 spiro atoms. The Morgan fingerprint density at radius 1 is 1.31 bits per heavy atom. The van der Waals surface area contributed by atoms with Crippen LogP contribution < -0.4 is 5.32 Å². The van der Waals surface area contributed by atoms with Gasteiger partial charge in [0.1, 0.15) is 5.82 Å². The number of benzene rings is 1. The summed E-state index contributed by atoms with van der Waals surface area (Å²) in [7, 11) is -1.04. The second-order valence-electron chi connectivity index (χ2n) is 6.63. The van der Waals surface area contributed by atoms with Gasteiger partial charge in [0, 0.05) is 19.2 Å². The number of nitrogens with zero attached hydrogens (tertiary/aromatic N) is 3. The maximum Gasteiger partial charge on any atom is 0.234 e. The van der Waals surface area contributed by atoms with Crippen molar-refractivity contribution in [1.82, 2.24) is 14.8 Å². The molecule has 26 heavy (non-hydrogen) atoms. The lowest BCUT2D eigenvalue weighted by atomic mass is 10.1. The fraction of sp³-hybridized carbons (Fsp3) is 0.471. The third-order valence-corrected chi connectivity index (χ3v) is 7.25. The molecule has 1 N–H and O–H groups in total. The monoisotopic (exact) mass is 394 g/mol. The smallest absolute Gasteiger partial charge is 0.234 e. The summed E-state index contributed by atoms with van der Waals surface area (Å²) in [5.41, 5.74) is 1.90. The van der Waals surface area contributed by atoms with E-state index in [9.17, 15) is 13.2 Å². The molecule has 0 aliphatic carbocycles. The fourth-order valence-corrected chi connectivity index (χ4v) is 5.50. The van der Waals surface area contributed by atoms with Crippen LogP contribution in [0.3, 0.4) is 0 Å². The molecule has 1 amide bonds. The van der Waals surface area contributed by atoms with Crippen LogP contribution >= 0.6 is 11.8 Å². The number of carbonyl (C=O) groups excluding carboxylic acids is 1. The average Bonchev–Trinajstić information content (AvgIpc) is 3.11. The molecule has 1 unspecified atom stereocenters. The van der Waals surface area contributed by atoms with Crippen molar-refractivity contribution in [3.05, 3.63) is 35.7 Å². The zero-order chi connectivity index (χ0) is 18.7. The first-order valence-electron chi connectivity index (χ1n) is 8.40. The number of aromatic nitrogens is 3. The van der Waals surface area contributed by atoms with Gasteiger partial charge in [0.2, 0.25) is 5.91 Å². The molecule has 1 atom stereocenters. The molecular weight excluding hydrogens is 372 g/mol. The van der Waals surface area contributed by atoms with Gasteiger partial charge in [-0.1, -0.05) is 29.5 Å². The van der Waals surface area contributed by atoms with Crippen LogP contribution in [0, 0.1) is 12.8 Å². The van der Waals surface area contributed by atoms with E-state index in [1.807, 2.05) is 42.8 Å². The topological polar surface area (TPSA) is 94.0 Å². The van der Waals surface area contributed by atoms with E-state index in [0.717, 1.165) is 17.1 Å². The highest BCUT2D eigenvalue weighted by Crippen LogP contribution is 2.23. The second-order valence-corrected chi connectivity index (χ2v) is 9.81. The van der Waals surface area contributed by atoms with Crippen molar-refractivity contribution >= 4 is 33.2 Å². The third kappa shape index (κ3) is 4.85. The number of aryl methyl sites for hydroxylation is 1. The lowest BCUT2D eigenvalue weighted by molar-refractivity contribution is -0.113. The maximum atomic E-state index is 12.1. The first kappa shape index (κ1) is 18.9. The van der Waals surface area contributed by atoms with Crippen molar-refractivity contribution in [1.29, 1.82) is 0 Å². The van der Waals surface area contributed by atoms with Crippen molar-refractivity contribution in [2.75, 3.05) is 22.6 Å². The molecule has 1 aliphatic heterocycles. The van der Waals surface area contributed by atoms with Gasteiger partial charge in [0.25, 0.3) is 0 Å². The van der Waals surface area contributed by atoms with Gasteiger partial charge in [-0.05, 0) is 31.4 Å². The summed E-state index contributed by atoms with van der Waals surface area (Å²) in [6.45, 7) is 1.99. The number of sulfone groups is 1. The summed E-state index contributed by atoms with van der Waals surface area (Å²) in [5, 5.41) is 11.8. The molecule has 1 saturated heterocycles. The van der Waals surface area contributed by atoms with E-state index in [1.54, 1.807) is 0 Å². The molecule has 140 valence electrons. The van der Waals surface area contributed by atoms with Gasteiger partial charge in [-0.25, -0.2) is 8.42 Å². The van der Waals surface area contributed by atoms with Gasteiger partial charge < -0.3 is 9.88 Å². The Bertz CT molecular complexity index is 891. The van der Waals surface area contributed by atoms with Crippen LogP contribution in [-0.2, 0) is 28.1 Å². The Labute approximate surface area is 157 Å². The normalized spacial score (nSPS) is 18.8. The van der Waals surface area contributed by atoms with Crippen molar-refractivity contribution in [3.8, 4) is 0 Å². The van der Waals surface area contributed by atoms with Gasteiger partial charge in [-0.15, -0.1) is 10.2 Å². The van der Waals surface area contributed by atoms with Crippen LogP contribution in [0.4, 0.5) is 5.69 Å². The third-order valence-electron chi connectivity index (χ3n) is 4.39. The Morgan fingerprint density at radius 2 is 2.04 bits per heavy atom. The molecule has 1 aliphatic rings. The summed E-state index contributed by atoms with van der Waals surface area (Å²) in [4.78, 5) is 12.1. The number of nitrogens with one attached hydrogen (secondary N) is 1. The Morgan fingerprint density at radius 3 is 2.69 bits per heavy atom. The molecule has 9 heteroatoms. The molecule has 7 nitrogen and oxygen atoms in total. The van der Waals surface area contributed by atoms with E-state index in [1.165, 1.54) is 11.8 Å². The molecule has 1 fully saturated rings. The molecular formula is C17H22N4O3S2. The van der Waals surface area contributed by atoms with Crippen LogP contribution in [-0.4, -0.2) is 46.3 Å². The second kappa shape index (κ2) is 7.79. The Kier molecular flexibility index (Phi) is 5.67. The van der Waals surface area contributed by atoms with Crippen LogP contribution in [0.25, 0.3) is 0 Å². The highest BCUT2D eigenvalue weighted by Gasteiger charge is 2.29. The first-order valence-corrected chi connectivity index (χ1v) is 11.2. The van der Waals surface area contributed by atoms with E-state index in [4.69, 9.17) is 0 Å². The van der Waals surface area contributed by atoms with E-state index in [-0.39, 0.29) is 29.1 Å². The number of rotatable bonds is 6. The van der Waals surface area contributed by atoms with Gasteiger partial charge in [-0.2, -0.15) is 0 Å². The predicted molar refractivity (Wildman–Crippen MR) is 102 cm³/mol. The number of anilines is 1. The van der Waals surface area contributed by atoms with Crippen LogP contribution in [0.1, 0.15) is 17.8 Å². The molecule has 2 heterocycles. The van der Waals surface area contributed by atoms with Gasteiger partial charge >= 0.3 is 0 Å². The summed E-state index contributed by atoms with van der Waals surface area (Å²) in [6, 6.07) is 7.63. The summed E-state index contributed by atoms with van der Waals surface area (Å²) >= 11 is 1.32. The maximum absolute atomic E-state index is 12.1. The Hall–Kier alpha value is -1.87. The lowest BCUT2D eigenvalue weighted by Crippen LogP contribution is -2.14. The molecule has 3 rings (SSSR count). The summed E-state index contributed by atoms with van der Waals surface area (Å²) in [6.07, 6.45) is 1.27. The predicted octanol–water partition coefficient (Wildman–Crippen LogP) is 1.83. The first-order chi connectivity index (χ1) is 12.3. The molecule has 2 aromatic rings. The van der Waals surface area contributed by atoms with E-state index in [0.29, 0.717) is 18.0 Å². The van der Waals surface area contributed by atoms with Gasteiger partial charge in [-0.3, -0.25) is 4.79 Å². The summed E-state index contributed by atoms with van der Waals surface area (Å²) < 4.78 is 25.0. The Balaban J connectivity index is 1.53. The lowest BCUT2D eigenvalue weighted by Gasteiger charge is -2.08. The number of thioether (sulfide) groups is 1. The minimum absolute atomic E-state index is 0.102. The molecule has 1 aromatic heterocycles. The van der Waals surface area contributed by atoms with Crippen molar-refractivity contribution < 1.29 is 13.2 Å². The molecule has 1 aromatic carbocycles. The molecule has 0 radical (unpaired) electrons. The number of carbonyl (C=O) groups is 1. The largest absolute Gasteiger partial charge is 0.325 e. The molecule has 0 bridgehead atoms. The standard InChI is InChI=1S/C17H22N4O3S2/c1-12-3-5-14(6-4-12)18-16(22)10-25-17-20-19-15(21(17)2)9-13-7-8-26(23,24)11-13/h3-6,13H,7-11H2,1-2H3,(H,18,22). The number of hydrogen-bond donors (Lipinski definition) is 1. The van der Waals surface area contributed by atoms with E-state index in [2.05, 4.69) is 15.5 Å².